The van der Waals surface area contributed by atoms with Gasteiger partial charge in [0.25, 0.3) is 0 Å². The topological polar surface area (TPSA) is 142 Å². The number of esters is 1. The van der Waals surface area contributed by atoms with Crippen LogP contribution >= 0.6 is 0 Å². The molecule has 1 unspecified atom stereocenters. The van der Waals surface area contributed by atoms with Gasteiger partial charge in [0.05, 0.1) is 13.5 Å². The van der Waals surface area contributed by atoms with Crippen molar-refractivity contribution in [1.29, 1.82) is 0 Å². The smallest absolute Gasteiger partial charge is 0.326 e. The van der Waals surface area contributed by atoms with Crippen LogP contribution in [-0.4, -0.2) is 53.8 Å². The quantitative estimate of drug-likeness (QED) is 0.414. The Labute approximate surface area is 95.7 Å². The highest BCUT2D eigenvalue weighted by molar-refractivity contribution is 5.87. The zero-order chi connectivity index (χ0) is 13.4. The average molecular weight is 248 g/mol. The first-order chi connectivity index (χ1) is 7.86. The molecule has 0 aliphatic rings. The maximum Gasteiger partial charge on any atom is 0.326 e. The van der Waals surface area contributed by atoms with Gasteiger partial charge in [-0.05, 0) is 0 Å². The lowest BCUT2D eigenvalue weighted by atomic mass is 10.2. The van der Waals surface area contributed by atoms with Gasteiger partial charge >= 0.3 is 23.9 Å². The minimum absolute atomic E-state index is 0.443. The summed E-state index contributed by atoms with van der Waals surface area (Å²) in [6.07, 6.45) is -0.763. The second-order valence-corrected chi connectivity index (χ2v) is 2.89. The van der Waals surface area contributed by atoms with Crippen molar-refractivity contribution in [2.45, 2.75) is 12.5 Å². The van der Waals surface area contributed by atoms with Crippen molar-refractivity contribution in [1.82, 2.24) is 10.6 Å². The normalized spacial score (nSPS) is 11.1. The first kappa shape index (κ1) is 14.7. The third-order valence-corrected chi connectivity index (χ3v) is 1.60. The molecule has 0 saturated carbocycles. The molecule has 9 heteroatoms. The summed E-state index contributed by atoms with van der Waals surface area (Å²) in [5, 5.41) is 20.9. The van der Waals surface area contributed by atoms with Crippen LogP contribution < -0.4 is 10.6 Å². The van der Waals surface area contributed by atoms with Gasteiger partial charge in [0.2, 0.25) is 0 Å². The Morgan fingerprint density at radius 1 is 1.24 bits per heavy atom. The Morgan fingerprint density at radius 2 is 1.82 bits per heavy atom. The molecule has 4 N–H and O–H groups in total. The summed E-state index contributed by atoms with van der Waals surface area (Å²) in [7, 11) is 1.12. The lowest BCUT2D eigenvalue weighted by Gasteiger charge is -2.12. The van der Waals surface area contributed by atoms with Crippen molar-refractivity contribution in [3.63, 3.8) is 0 Å². The van der Waals surface area contributed by atoms with Gasteiger partial charge in [-0.3, -0.25) is 9.59 Å². The highest BCUT2D eigenvalue weighted by atomic mass is 16.5. The molecule has 0 bridgehead atoms. The molecule has 17 heavy (non-hydrogen) atoms. The van der Waals surface area contributed by atoms with Gasteiger partial charge in [-0.2, -0.15) is 0 Å². The van der Waals surface area contributed by atoms with Crippen LogP contribution in [0.2, 0.25) is 0 Å². The second kappa shape index (κ2) is 7.04. The maximum absolute atomic E-state index is 11.1. The van der Waals surface area contributed by atoms with Crippen molar-refractivity contribution >= 4 is 23.9 Å². The molecular weight excluding hydrogens is 236 g/mol. The number of carbonyl (C=O) groups excluding carboxylic acids is 2. The summed E-state index contributed by atoms with van der Waals surface area (Å²) >= 11 is 0. The van der Waals surface area contributed by atoms with Crippen LogP contribution in [0.3, 0.4) is 0 Å². The first-order valence-electron chi connectivity index (χ1n) is 4.42. The predicted molar refractivity (Wildman–Crippen MR) is 52.2 cm³/mol. The lowest BCUT2D eigenvalue weighted by molar-refractivity contribution is -0.145. The van der Waals surface area contributed by atoms with Gasteiger partial charge in [-0.1, -0.05) is 0 Å². The summed E-state index contributed by atoms with van der Waals surface area (Å²) in [6.45, 7) is -0.443. The number of amides is 2. The van der Waals surface area contributed by atoms with Crippen molar-refractivity contribution < 1.29 is 34.1 Å². The molecule has 96 valence electrons. The van der Waals surface area contributed by atoms with E-state index in [1.807, 2.05) is 10.6 Å². The predicted octanol–water partition coefficient (Wildman–Crippen LogP) is -1.61. The van der Waals surface area contributed by atoms with Crippen molar-refractivity contribution in [3.8, 4) is 0 Å². The van der Waals surface area contributed by atoms with Crippen LogP contribution in [0.5, 0.6) is 0 Å². The Bertz CT molecular complexity index is 328. The molecule has 0 aliphatic heterocycles. The molecule has 0 saturated heterocycles. The standard InChI is InChI=1S/C8H12N2O7/c1-17-6(13)3-9-8(16)10-4(7(14)15)2-5(11)12/h4H,2-3H2,1H3,(H,11,12)(H,14,15)(H2,9,10,16). The van der Waals surface area contributed by atoms with E-state index < -0.39 is 42.9 Å². The summed E-state index contributed by atoms with van der Waals surface area (Å²) in [5.41, 5.74) is 0. The van der Waals surface area contributed by atoms with E-state index in [9.17, 15) is 19.2 Å². The molecule has 0 aromatic carbocycles. The van der Waals surface area contributed by atoms with Gasteiger partial charge in [0, 0.05) is 0 Å². The van der Waals surface area contributed by atoms with Crippen molar-refractivity contribution in [3.05, 3.63) is 0 Å². The second-order valence-electron chi connectivity index (χ2n) is 2.89. The number of aliphatic carboxylic acids is 2. The van der Waals surface area contributed by atoms with E-state index in [-0.39, 0.29) is 0 Å². The number of hydrogen-bond acceptors (Lipinski definition) is 5. The first-order valence-corrected chi connectivity index (χ1v) is 4.42. The van der Waals surface area contributed by atoms with Gasteiger partial charge in [-0.15, -0.1) is 0 Å². The fourth-order valence-electron chi connectivity index (χ4n) is 0.809. The zero-order valence-corrected chi connectivity index (χ0v) is 8.93. The third-order valence-electron chi connectivity index (χ3n) is 1.60. The number of urea groups is 1. The van der Waals surface area contributed by atoms with Crippen molar-refractivity contribution in [2.24, 2.45) is 0 Å². The van der Waals surface area contributed by atoms with Crippen LogP contribution in [0.15, 0.2) is 0 Å². The average Bonchev–Trinajstić information content (AvgIpc) is 2.24. The number of carbonyl (C=O) groups is 4. The molecular formula is C8H12N2O7. The molecule has 0 aromatic heterocycles. The maximum atomic E-state index is 11.1. The molecule has 2 amide bonds. The van der Waals surface area contributed by atoms with Crippen LogP contribution in [0.1, 0.15) is 6.42 Å². The van der Waals surface area contributed by atoms with Crippen LogP contribution in [0, 0.1) is 0 Å². The minimum atomic E-state index is -1.56. The molecule has 0 rings (SSSR count). The van der Waals surface area contributed by atoms with E-state index >= 15 is 0 Å². The number of ether oxygens (including phenoxy) is 1. The Morgan fingerprint density at radius 3 is 2.24 bits per heavy atom. The largest absolute Gasteiger partial charge is 0.481 e. The third kappa shape index (κ3) is 6.71. The fraction of sp³-hybridized carbons (Fsp3) is 0.500. The SMILES string of the molecule is COC(=O)CNC(=O)NC(CC(=O)O)C(=O)O. The molecule has 0 fully saturated rings. The molecule has 0 aromatic rings. The molecule has 0 heterocycles. The van der Waals surface area contributed by atoms with Crippen LogP contribution in [0.25, 0.3) is 0 Å². The van der Waals surface area contributed by atoms with Crippen LogP contribution in [0.4, 0.5) is 4.79 Å². The molecule has 0 radical (unpaired) electrons. The molecule has 0 aliphatic carbocycles. The zero-order valence-electron chi connectivity index (χ0n) is 8.93. The van der Waals surface area contributed by atoms with Gasteiger partial charge in [0.15, 0.2) is 0 Å². The van der Waals surface area contributed by atoms with E-state index in [1.54, 1.807) is 0 Å². The van der Waals surface area contributed by atoms with Crippen molar-refractivity contribution in [2.75, 3.05) is 13.7 Å². The monoisotopic (exact) mass is 248 g/mol. The highest BCUT2D eigenvalue weighted by Gasteiger charge is 2.22. The van der Waals surface area contributed by atoms with Gasteiger partial charge < -0.3 is 25.6 Å². The Kier molecular flexibility index (Phi) is 6.08. The number of hydrogen-bond donors (Lipinski definition) is 4. The van der Waals surface area contributed by atoms with Gasteiger partial charge in [0.1, 0.15) is 12.6 Å². The van der Waals surface area contributed by atoms with E-state index in [2.05, 4.69) is 4.74 Å². The summed E-state index contributed by atoms with van der Waals surface area (Å²) < 4.78 is 4.23. The summed E-state index contributed by atoms with van der Waals surface area (Å²) in [4.78, 5) is 42.6. The Balaban J connectivity index is 4.17. The van der Waals surface area contributed by atoms with E-state index in [4.69, 9.17) is 10.2 Å². The van der Waals surface area contributed by atoms with E-state index in [1.165, 1.54) is 0 Å². The fourth-order valence-corrected chi connectivity index (χ4v) is 0.809. The molecule has 1 atom stereocenters. The Hall–Kier alpha value is -2.32. The number of carboxylic acid groups (broad SMARTS) is 2. The highest BCUT2D eigenvalue weighted by Crippen LogP contribution is 1.92. The lowest BCUT2D eigenvalue weighted by Crippen LogP contribution is -2.48. The van der Waals surface area contributed by atoms with E-state index in [0.29, 0.717) is 0 Å². The minimum Gasteiger partial charge on any atom is -0.481 e. The van der Waals surface area contributed by atoms with Crippen LogP contribution in [-0.2, 0) is 19.1 Å². The number of rotatable bonds is 6. The number of methoxy groups -OCH3 is 1. The van der Waals surface area contributed by atoms with Gasteiger partial charge in [-0.25, -0.2) is 9.59 Å². The number of carboxylic acids is 2. The molecule has 0 spiro atoms. The number of nitrogens with one attached hydrogen (secondary N) is 2. The summed E-state index contributed by atoms with van der Waals surface area (Å²) in [5.74, 6) is -3.57. The van der Waals surface area contributed by atoms with E-state index in [0.717, 1.165) is 7.11 Å². The molecule has 9 nitrogen and oxygen atoms in total. The summed E-state index contributed by atoms with van der Waals surface area (Å²) in [6, 6.07) is -2.53.